The van der Waals surface area contributed by atoms with Gasteiger partial charge in [-0.3, -0.25) is 0 Å². The molecule has 68 valence electrons. The highest BCUT2D eigenvalue weighted by Crippen LogP contribution is 2.47. The van der Waals surface area contributed by atoms with E-state index in [-0.39, 0.29) is 0 Å². The number of fused-ring (bicyclic) bond motifs is 2. The Morgan fingerprint density at radius 3 is 2.50 bits per heavy atom. The van der Waals surface area contributed by atoms with Crippen molar-refractivity contribution in [1.29, 1.82) is 0 Å². The largest absolute Gasteiger partial charge is 0.168 e. The highest BCUT2D eigenvalue weighted by molar-refractivity contribution is 7.19. The number of hydrogen-bond acceptors (Lipinski definition) is 0. The van der Waals surface area contributed by atoms with Gasteiger partial charge in [0.2, 0.25) is 0 Å². The van der Waals surface area contributed by atoms with Crippen molar-refractivity contribution >= 4 is 18.5 Å². The van der Waals surface area contributed by atoms with Gasteiger partial charge in [-0.25, -0.2) is 0 Å². The van der Waals surface area contributed by atoms with Gasteiger partial charge < -0.3 is 0 Å². The first-order valence-corrected chi connectivity index (χ1v) is 9.14. The SMILES string of the molecule is C[Si](C)(Cl)CC1CC2C=CC1C2. The summed E-state index contributed by atoms with van der Waals surface area (Å²) in [4.78, 5) is 0. The molecule has 0 nitrogen and oxygen atoms in total. The molecule has 0 saturated heterocycles. The fourth-order valence-corrected chi connectivity index (χ4v) is 5.06. The molecule has 2 aliphatic rings. The van der Waals surface area contributed by atoms with Gasteiger partial charge in [0.15, 0.2) is 7.38 Å². The van der Waals surface area contributed by atoms with Crippen LogP contribution in [0, 0.1) is 17.8 Å². The number of hydrogen-bond donors (Lipinski definition) is 0. The van der Waals surface area contributed by atoms with E-state index in [9.17, 15) is 0 Å². The van der Waals surface area contributed by atoms with Gasteiger partial charge in [0, 0.05) is 0 Å². The van der Waals surface area contributed by atoms with Crippen molar-refractivity contribution in [2.75, 3.05) is 0 Å². The lowest BCUT2D eigenvalue weighted by atomic mass is 9.96. The number of rotatable bonds is 2. The quantitative estimate of drug-likeness (QED) is 0.363. The maximum absolute atomic E-state index is 6.37. The summed E-state index contributed by atoms with van der Waals surface area (Å²) in [7, 11) is -1.32. The van der Waals surface area contributed by atoms with Crippen LogP contribution in [0.1, 0.15) is 12.8 Å². The van der Waals surface area contributed by atoms with Crippen molar-refractivity contribution in [3.63, 3.8) is 0 Å². The van der Waals surface area contributed by atoms with Crippen LogP contribution in [0.3, 0.4) is 0 Å². The Morgan fingerprint density at radius 1 is 1.33 bits per heavy atom. The van der Waals surface area contributed by atoms with E-state index in [0.29, 0.717) is 0 Å². The normalized spacial score (nSPS) is 39.4. The van der Waals surface area contributed by atoms with Crippen LogP contribution in [-0.4, -0.2) is 7.38 Å². The average Bonchev–Trinajstić information content (AvgIpc) is 2.42. The summed E-state index contributed by atoms with van der Waals surface area (Å²) in [5, 5.41) is 0. The van der Waals surface area contributed by atoms with Crippen LogP contribution in [0.25, 0.3) is 0 Å². The van der Waals surface area contributed by atoms with Crippen molar-refractivity contribution in [2.45, 2.75) is 32.0 Å². The van der Waals surface area contributed by atoms with Gasteiger partial charge >= 0.3 is 0 Å². The molecule has 0 aromatic heterocycles. The van der Waals surface area contributed by atoms with Crippen molar-refractivity contribution in [3.8, 4) is 0 Å². The molecule has 0 aliphatic heterocycles. The zero-order chi connectivity index (χ0) is 8.77. The summed E-state index contributed by atoms with van der Waals surface area (Å²) >= 11 is 6.37. The molecule has 0 spiro atoms. The molecule has 0 aromatic carbocycles. The Morgan fingerprint density at radius 2 is 2.08 bits per heavy atom. The minimum Gasteiger partial charge on any atom is -0.168 e. The van der Waals surface area contributed by atoms with Crippen LogP contribution in [-0.2, 0) is 0 Å². The summed E-state index contributed by atoms with van der Waals surface area (Å²) in [5.41, 5.74) is 0. The van der Waals surface area contributed by atoms with E-state index in [2.05, 4.69) is 25.2 Å². The zero-order valence-corrected chi connectivity index (χ0v) is 9.64. The van der Waals surface area contributed by atoms with E-state index in [1.807, 2.05) is 0 Å². The molecule has 0 radical (unpaired) electrons. The summed E-state index contributed by atoms with van der Waals surface area (Å²) in [6.45, 7) is 4.54. The van der Waals surface area contributed by atoms with E-state index in [0.717, 1.165) is 17.8 Å². The van der Waals surface area contributed by atoms with Gasteiger partial charge in [0.05, 0.1) is 0 Å². The molecule has 3 unspecified atom stereocenters. The Bertz CT molecular complexity index is 204. The fourth-order valence-electron chi connectivity index (χ4n) is 2.75. The average molecular weight is 201 g/mol. The topological polar surface area (TPSA) is 0 Å². The zero-order valence-electron chi connectivity index (χ0n) is 7.89. The van der Waals surface area contributed by atoms with Gasteiger partial charge in [0.25, 0.3) is 0 Å². The van der Waals surface area contributed by atoms with Gasteiger partial charge in [-0.15, -0.1) is 0 Å². The van der Waals surface area contributed by atoms with Crippen LogP contribution < -0.4 is 0 Å². The molecule has 2 rings (SSSR count). The first kappa shape index (κ1) is 8.83. The van der Waals surface area contributed by atoms with Crippen LogP contribution in [0.15, 0.2) is 12.2 Å². The van der Waals surface area contributed by atoms with Crippen molar-refractivity contribution in [1.82, 2.24) is 0 Å². The smallest absolute Gasteiger partial charge is 0.150 e. The van der Waals surface area contributed by atoms with Crippen LogP contribution in [0.4, 0.5) is 0 Å². The molecule has 0 amide bonds. The molecule has 3 atom stereocenters. The Hall–Kier alpha value is 0.247. The molecule has 12 heavy (non-hydrogen) atoms. The van der Waals surface area contributed by atoms with Gasteiger partial charge in [-0.05, 0) is 36.6 Å². The predicted molar refractivity (Wildman–Crippen MR) is 57.0 cm³/mol. The van der Waals surface area contributed by atoms with Crippen molar-refractivity contribution in [2.24, 2.45) is 17.8 Å². The second-order valence-corrected chi connectivity index (χ2v) is 11.9. The maximum atomic E-state index is 6.37. The molecule has 1 saturated carbocycles. The molecule has 2 bridgehead atoms. The molecule has 0 aromatic rings. The van der Waals surface area contributed by atoms with Crippen molar-refractivity contribution in [3.05, 3.63) is 12.2 Å². The van der Waals surface area contributed by atoms with E-state index in [4.69, 9.17) is 11.1 Å². The lowest BCUT2D eigenvalue weighted by molar-refractivity contribution is 0.488. The fraction of sp³-hybridized carbons (Fsp3) is 0.800. The highest BCUT2D eigenvalue weighted by atomic mass is 35.6. The molecular weight excluding hydrogens is 184 g/mol. The van der Waals surface area contributed by atoms with Gasteiger partial charge in [-0.1, -0.05) is 25.2 Å². The molecule has 2 aliphatic carbocycles. The minimum atomic E-state index is -1.32. The van der Waals surface area contributed by atoms with Crippen LogP contribution in [0.5, 0.6) is 0 Å². The van der Waals surface area contributed by atoms with Gasteiger partial charge in [0.1, 0.15) is 0 Å². The third-order valence-electron chi connectivity index (χ3n) is 3.16. The summed E-state index contributed by atoms with van der Waals surface area (Å²) in [5.74, 6) is 2.73. The number of allylic oxidation sites excluding steroid dienone is 2. The Balaban J connectivity index is 1.96. The minimum absolute atomic E-state index is 0.889. The maximum Gasteiger partial charge on any atom is 0.150 e. The molecule has 1 fully saturated rings. The standard InChI is InChI=1S/C10H17ClSi/c1-12(2,11)7-10-6-8-3-4-9(10)5-8/h3-4,8-10H,5-7H2,1-2H3. The van der Waals surface area contributed by atoms with Crippen LogP contribution in [0.2, 0.25) is 19.1 Å². The van der Waals surface area contributed by atoms with E-state index in [1.54, 1.807) is 0 Å². The Labute approximate surface area is 80.7 Å². The summed E-state index contributed by atoms with van der Waals surface area (Å²) in [6.07, 6.45) is 7.68. The number of halogens is 1. The molecule has 0 N–H and O–H groups in total. The van der Waals surface area contributed by atoms with Gasteiger partial charge in [-0.2, -0.15) is 11.1 Å². The first-order valence-electron chi connectivity index (χ1n) is 4.92. The lowest BCUT2D eigenvalue weighted by Gasteiger charge is -2.23. The van der Waals surface area contributed by atoms with Crippen LogP contribution >= 0.6 is 11.1 Å². The summed E-state index contributed by atoms with van der Waals surface area (Å²) in [6, 6.07) is 1.32. The van der Waals surface area contributed by atoms with E-state index < -0.39 is 7.38 Å². The molecular formula is C10H17ClSi. The second-order valence-electron chi connectivity index (χ2n) is 4.96. The highest BCUT2D eigenvalue weighted by Gasteiger charge is 2.38. The van der Waals surface area contributed by atoms with E-state index in [1.165, 1.54) is 18.9 Å². The first-order chi connectivity index (χ1) is 5.54. The third-order valence-corrected chi connectivity index (χ3v) is 5.12. The molecule has 2 heteroatoms. The lowest BCUT2D eigenvalue weighted by Crippen LogP contribution is -2.23. The monoisotopic (exact) mass is 200 g/mol. The predicted octanol–water partition coefficient (Wildman–Crippen LogP) is 3.64. The Kier molecular flexibility index (Phi) is 2.12. The third kappa shape index (κ3) is 1.77. The molecule has 0 heterocycles. The summed E-state index contributed by atoms with van der Waals surface area (Å²) < 4.78 is 0. The second kappa shape index (κ2) is 2.88. The van der Waals surface area contributed by atoms with Crippen molar-refractivity contribution < 1.29 is 0 Å². The van der Waals surface area contributed by atoms with E-state index >= 15 is 0 Å².